The first kappa shape index (κ1) is 38.1. The Hall–Kier alpha value is -4.84. The van der Waals surface area contributed by atoms with Gasteiger partial charge in [0.05, 0.1) is 16.1 Å². The van der Waals surface area contributed by atoms with E-state index < -0.39 is 0 Å². The lowest BCUT2D eigenvalue weighted by Gasteiger charge is -2.44. The first-order chi connectivity index (χ1) is 28.4. The van der Waals surface area contributed by atoms with Crippen molar-refractivity contribution in [2.45, 2.75) is 111 Å². The van der Waals surface area contributed by atoms with Crippen LogP contribution in [0, 0.1) is 6.92 Å². The molecule has 5 heteroatoms. The Kier molecular flexibility index (Phi) is 8.01. The van der Waals surface area contributed by atoms with E-state index in [1.807, 2.05) is 22.7 Å². The molecule has 0 N–H and O–H groups in total. The van der Waals surface area contributed by atoms with Gasteiger partial charge in [-0.15, -0.1) is 22.7 Å². The average molecular weight is 819 g/mol. The summed E-state index contributed by atoms with van der Waals surface area (Å²) in [5, 5.41) is 4.06. The zero-order valence-electron chi connectivity index (χ0n) is 37.1. The Morgan fingerprint density at radius 3 is 1.88 bits per heavy atom. The highest BCUT2D eigenvalue weighted by atomic mass is 32.1. The van der Waals surface area contributed by atoms with Crippen LogP contribution in [0.5, 0.6) is 0 Å². The Bertz CT molecular complexity index is 3090. The van der Waals surface area contributed by atoms with Gasteiger partial charge in [-0.2, -0.15) is 0 Å². The molecule has 11 rings (SSSR count). The van der Waals surface area contributed by atoms with Crippen LogP contribution in [0.4, 0.5) is 34.1 Å². The van der Waals surface area contributed by atoms with Crippen molar-refractivity contribution in [2.24, 2.45) is 0 Å². The summed E-state index contributed by atoms with van der Waals surface area (Å²) in [5.41, 5.74) is 17.9. The van der Waals surface area contributed by atoms with Gasteiger partial charge in [-0.25, -0.2) is 0 Å². The molecule has 0 unspecified atom stereocenters. The van der Waals surface area contributed by atoms with E-state index in [0.29, 0.717) is 0 Å². The van der Waals surface area contributed by atoms with Crippen molar-refractivity contribution in [2.75, 3.05) is 9.80 Å². The van der Waals surface area contributed by atoms with Crippen molar-refractivity contribution in [3.63, 3.8) is 0 Å². The van der Waals surface area contributed by atoms with Gasteiger partial charge >= 0.3 is 0 Å². The molecular formula is C55H55BN2S2. The summed E-state index contributed by atoms with van der Waals surface area (Å²) in [6.07, 6.45) is 2.40. The molecule has 3 aliphatic rings. The highest BCUT2D eigenvalue weighted by Gasteiger charge is 2.47. The summed E-state index contributed by atoms with van der Waals surface area (Å²) in [5.74, 6) is 0. The molecule has 0 atom stereocenters. The number of thiophene rings is 2. The summed E-state index contributed by atoms with van der Waals surface area (Å²) in [4.78, 5) is 5.29. The van der Waals surface area contributed by atoms with Crippen LogP contribution >= 0.6 is 22.7 Å². The van der Waals surface area contributed by atoms with Gasteiger partial charge in [-0.1, -0.05) is 124 Å². The van der Waals surface area contributed by atoms with Crippen molar-refractivity contribution in [3.8, 4) is 0 Å². The first-order valence-corrected chi connectivity index (χ1v) is 23.6. The van der Waals surface area contributed by atoms with Gasteiger partial charge in [-0.05, 0) is 135 Å². The van der Waals surface area contributed by atoms with E-state index in [9.17, 15) is 0 Å². The lowest BCUT2D eigenvalue weighted by atomic mass is 9.36. The van der Waals surface area contributed by atoms with Crippen LogP contribution in [0.15, 0.2) is 109 Å². The summed E-state index contributed by atoms with van der Waals surface area (Å²) >= 11 is 3.98. The highest BCUT2D eigenvalue weighted by Crippen LogP contribution is 2.54. The second-order valence-corrected chi connectivity index (χ2v) is 23.5. The van der Waals surface area contributed by atoms with E-state index in [2.05, 4.69) is 195 Å². The molecule has 2 aromatic heterocycles. The van der Waals surface area contributed by atoms with E-state index in [-0.39, 0.29) is 28.4 Å². The molecule has 0 saturated heterocycles. The van der Waals surface area contributed by atoms with Crippen LogP contribution in [0.25, 0.3) is 30.3 Å². The molecule has 2 aliphatic heterocycles. The fourth-order valence-corrected chi connectivity index (χ4v) is 13.2. The third-order valence-electron chi connectivity index (χ3n) is 14.3. The molecule has 300 valence electrons. The smallest absolute Gasteiger partial charge is 0.264 e. The monoisotopic (exact) mass is 818 g/mol. The molecule has 6 aromatic carbocycles. The molecule has 0 saturated carbocycles. The van der Waals surface area contributed by atoms with Crippen LogP contribution in [0.1, 0.15) is 110 Å². The predicted molar refractivity (Wildman–Crippen MR) is 266 cm³/mol. The fourth-order valence-electron chi connectivity index (χ4n) is 10.7. The molecule has 2 nitrogen and oxygen atoms in total. The molecule has 0 radical (unpaired) electrons. The second-order valence-electron chi connectivity index (χ2n) is 21.4. The minimum atomic E-state index is 0.00133. The maximum Gasteiger partial charge on any atom is 0.264 e. The van der Waals surface area contributed by atoms with E-state index in [1.165, 1.54) is 121 Å². The molecule has 4 heterocycles. The van der Waals surface area contributed by atoms with Gasteiger partial charge in [0.2, 0.25) is 0 Å². The quantitative estimate of drug-likeness (QED) is 0.160. The maximum absolute atomic E-state index is 2.71. The molecule has 0 bridgehead atoms. The molecule has 8 aromatic rings. The van der Waals surface area contributed by atoms with Crippen LogP contribution < -0.4 is 25.5 Å². The van der Waals surface area contributed by atoms with Gasteiger partial charge in [0.15, 0.2) is 0 Å². The normalized spacial score (nSPS) is 16.6. The standard InChI is InChI=1S/C55H55BN2S2/c1-32-27-44-48-45(28-32)58(43-17-14-16-37-36-15-12-13-18-46(36)59-50(37)43)49-38-30-39-40(55(10,11)26-25-54(39,8)9)31-47(38)60-51(49)56(48)41-29-34(53(5,6)7)21-24-42(41)57(44)35-22-19-33(20-23-35)52(2,3)4/h12-24,27-31H,25-26H2,1-11H3. The molecule has 0 spiro atoms. The number of rotatable bonds is 2. The zero-order chi connectivity index (χ0) is 41.8. The van der Waals surface area contributed by atoms with E-state index in [0.717, 1.165) is 0 Å². The Balaban J connectivity index is 1.28. The Morgan fingerprint density at radius 1 is 0.550 bits per heavy atom. The Labute approximate surface area is 365 Å². The topological polar surface area (TPSA) is 6.48 Å². The maximum atomic E-state index is 2.71. The van der Waals surface area contributed by atoms with Crippen LogP contribution in [0.2, 0.25) is 0 Å². The summed E-state index contributed by atoms with van der Waals surface area (Å²) in [7, 11) is 0. The Morgan fingerprint density at radius 2 is 1.18 bits per heavy atom. The van der Waals surface area contributed by atoms with Crippen LogP contribution in [0.3, 0.4) is 0 Å². The van der Waals surface area contributed by atoms with E-state index in [4.69, 9.17) is 0 Å². The van der Waals surface area contributed by atoms with Gasteiger partial charge in [0.25, 0.3) is 6.71 Å². The van der Waals surface area contributed by atoms with Gasteiger partial charge in [-0.3, -0.25) is 0 Å². The predicted octanol–water partition coefficient (Wildman–Crippen LogP) is 14.6. The van der Waals surface area contributed by atoms with Crippen LogP contribution in [-0.2, 0) is 21.7 Å². The van der Waals surface area contributed by atoms with Crippen molar-refractivity contribution in [1.82, 2.24) is 0 Å². The number of hydrogen-bond acceptors (Lipinski definition) is 4. The van der Waals surface area contributed by atoms with Crippen molar-refractivity contribution in [1.29, 1.82) is 0 Å². The first-order valence-electron chi connectivity index (χ1n) is 21.9. The molecule has 0 fully saturated rings. The molecule has 0 amide bonds. The number of nitrogens with zero attached hydrogens (tertiary/aromatic N) is 2. The van der Waals surface area contributed by atoms with Crippen molar-refractivity contribution >= 4 is 109 Å². The SMILES string of the molecule is Cc1cc2c3c(c1)N(c1cccc4c1sc1ccccc14)c1c(sc4cc5c(cc14)C(C)(C)CCC5(C)C)B3c1cc(C(C)(C)C)ccc1N2c1ccc(C(C)(C)C)cc1. The summed E-state index contributed by atoms with van der Waals surface area (Å²) in [6.45, 7) is 26.2. The minimum absolute atomic E-state index is 0.00133. The minimum Gasteiger partial charge on any atom is -0.311 e. The summed E-state index contributed by atoms with van der Waals surface area (Å²) < 4.78 is 5.53. The van der Waals surface area contributed by atoms with E-state index >= 15 is 0 Å². The van der Waals surface area contributed by atoms with E-state index in [1.54, 1.807) is 0 Å². The number of anilines is 6. The largest absolute Gasteiger partial charge is 0.311 e. The second kappa shape index (κ2) is 12.6. The van der Waals surface area contributed by atoms with Gasteiger partial charge in [0, 0.05) is 53.1 Å². The van der Waals surface area contributed by atoms with Crippen molar-refractivity contribution in [3.05, 3.63) is 137 Å². The third-order valence-corrected chi connectivity index (χ3v) is 16.7. The number of benzene rings is 6. The fraction of sp³-hybridized carbons (Fsp3) is 0.309. The van der Waals surface area contributed by atoms with Crippen molar-refractivity contribution < 1.29 is 0 Å². The molecule has 60 heavy (non-hydrogen) atoms. The molecule has 1 aliphatic carbocycles. The van der Waals surface area contributed by atoms with Crippen LogP contribution in [-0.4, -0.2) is 6.71 Å². The summed E-state index contributed by atoms with van der Waals surface area (Å²) in [6, 6.07) is 43.0. The number of hydrogen-bond donors (Lipinski definition) is 0. The third kappa shape index (κ3) is 5.50. The van der Waals surface area contributed by atoms with Gasteiger partial charge < -0.3 is 9.80 Å². The zero-order valence-corrected chi connectivity index (χ0v) is 38.7. The average Bonchev–Trinajstić information content (AvgIpc) is 3.77. The van der Waals surface area contributed by atoms with Gasteiger partial charge in [0.1, 0.15) is 0 Å². The highest BCUT2D eigenvalue weighted by molar-refractivity contribution is 7.33. The lowest BCUT2D eigenvalue weighted by molar-refractivity contribution is 0.332. The lowest BCUT2D eigenvalue weighted by Crippen LogP contribution is -2.60. The number of aryl methyl sites for hydroxylation is 1. The number of fused-ring (bicyclic) bond motifs is 10. The molecular weight excluding hydrogens is 764 g/mol.